The van der Waals surface area contributed by atoms with E-state index >= 15 is 0 Å². The Morgan fingerprint density at radius 2 is 1.75 bits per heavy atom. The summed E-state index contributed by atoms with van der Waals surface area (Å²) < 4.78 is 0. The molecule has 1 rings (SSSR count). The predicted octanol–water partition coefficient (Wildman–Crippen LogP) is 3.56. The molecule has 0 aliphatic carbocycles. The van der Waals surface area contributed by atoms with Crippen LogP contribution in [0, 0.1) is 5.92 Å². The lowest BCUT2D eigenvalue weighted by Gasteiger charge is -2.15. The topological polar surface area (TPSA) is 26.0 Å². The minimum Gasteiger partial charge on any atom is -0.327 e. The Kier molecular flexibility index (Phi) is 5.54. The lowest BCUT2D eigenvalue weighted by Crippen LogP contribution is -2.26. The minimum absolute atomic E-state index is 0.329. The zero-order valence-corrected chi connectivity index (χ0v) is 10.9. The summed E-state index contributed by atoms with van der Waals surface area (Å²) in [6.07, 6.45) is 4.60. The number of aryl methyl sites for hydroxylation is 2. The first-order valence-corrected chi connectivity index (χ1v) is 6.47. The first-order chi connectivity index (χ1) is 7.63. The fraction of sp³-hybridized carbons (Fsp3) is 0.600. The predicted molar refractivity (Wildman–Crippen MR) is 71.6 cm³/mol. The SMILES string of the molecule is CCCc1cccc(CCC(N)C(C)C)c1. The molecule has 0 aliphatic rings. The van der Waals surface area contributed by atoms with E-state index in [1.54, 1.807) is 0 Å². The molecule has 1 heteroatoms. The largest absolute Gasteiger partial charge is 0.327 e. The van der Waals surface area contributed by atoms with Crippen LogP contribution < -0.4 is 5.73 Å². The standard InChI is InChI=1S/C15H25N/c1-4-6-13-7-5-8-14(11-13)9-10-15(16)12(2)3/h5,7-8,11-12,15H,4,6,9-10,16H2,1-3H3. The van der Waals surface area contributed by atoms with Crippen LogP contribution in [0.15, 0.2) is 24.3 Å². The molecule has 0 spiro atoms. The summed E-state index contributed by atoms with van der Waals surface area (Å²) >= 11 is 0. The second-order valence-corrected chi connectivity index (χ2v) is 5.02. The van der Waals surface area contributed by atoms with Gasteiger partial charge in [-0.25, -0.2) is 0 Å². The van der Waals surface area contributed by atoms with Crippen molar-refractivity contribution in [1.82, 2.24) is 0 Å². The zero-order valence-electron chi connectivity index (χ0n) is 10.9. The summed E-state index contributed by atoms with van der Waals surface area (Å²) in [6, 6.07) is 9.26. The van der Waals surface area contributed by atoms with Crippen LogP contribution in [0.5, 0.6) is 0 Å². The molecule has 1 aromatic rings. The fourth-order valence-electron chi connectivity index (χ4n) is 1.90. The summed E-state index contributed by atoms with van der Waals surface area (Å²) in [5, 5.41) is 0. The molecule has 0 fully saturated rings. The van der Waals surface area contributed by atoms with E-state index in [4.69, 9.17) is 5.73 Å². The van der Waals surface area contributed by atoms with Gasteiger partial charge in [-0.15, -0.1) is 0 Å². The van der Waals surface area contributed by atoms with Crippen molar-refractivity contribution in [2.45, 2.75) is 52.5 Å². The van der Waals surface area contributed by atoms with E-state index in [9.17, 15) is 0 Å². The molecule has 0 saturated carbocycles. The molecule has 0 bridgehead atoms. The van der Waals surface area contributed by atoms with Crippen LogP contribution in [-0.4, -0.2) is 6.04 Å². The smallest absolute Gasteiger partial charge is 0.00650 e. The van der Waals surface area contributed by atoms with Gasteiger partial charge in [-0.2, -0.15) is 0 Å². The summed E-state index contributed by atoms with van der Waals surface area (Å²) in [7, 11) is 0. The van der Waals surface area contributed by atoms with E-state index < -0.39 is 0 Å². The van der Waals surface area contributed by atoms with Gasteiger partial charge < -0.3 is 5.73 Å². The molecule has 0 aromatic heterocycles. The third kappa shape index (κ3) is 4.36. The van der Waals surface area contributed by atoms with Crippen LogP contribution in [0.25, 0.3) is 0 Å². The van der Waals surface area contributed by atoms with Crippen molar-refractivity contribution in [2.24, 2.45) is 11.7 Å². The Labute approximate surface area is 100 Å². The van der Waals surface area contributed by atoms with Crippen LogP contribution in [-0.2, 0) is 12.8 Å². The van der Waals surface area contributed by atoms with Gasteiger partial charge in [-0.1, -0.05) is 51.5 Å². The quantitative estimate of drug-likeness (QED) is 0.778. The van der Waals surface area contributed by atoms with Crippen molar-refractivity contribution in [1.29, 1.82) is 0 Å². The Bertz CT molecular complexity index is 304. The maximum Gasteiger partial charge on any atom is 0.00650 e. The number of hydrogen-bond acceptors (Lipinski definition) is 1. The highest BCUT2D eigenvalue weighted by Crippen LogP contribution is 2.12. The molecule has 1 nitrogen and oxygen atoms in total. The number of nitrogens with two attached hydrogens (primary N) is 1. The third-order valence-electron chi connectivity index (χ3n) is 3.15. The molecule has 2 N–H and O–H groups in total. The summed E-state index contributed by atoms with van der Waals surface area (Å²) in [5.74, 6) is 0.582. The molecule has 0 heterocycles. The summed E-state index contributed by atoms with van der Waals surface area (Å²) in [6.45, 7) is 6.61. The van der Waals surface area contributed by atoms with Gasteiger partial charge in [0.1, 0.15) is 0 Å². The molecule has 16 heavy (non-hydrogen) atoms. The van der Waals surface area contributed by atoms with Gasteiger partial charge in [0, 0.05) is 6.04 Å². The molecule has 90 valence electrons. The Morgan fingerprint density at radius 1 is 1.12 bits per heavy atom. The number of hydrogen-bond donors (Lipinski definition) is 1. The highest BCUT2D eigenvalue weighted by molar-refractivity contribution is 5.23. The van der Waals surface area contributed by atoms with E-state index in [0.717, 1.165) is 12.8 Å². The van der Waals surface area contributed by atoms with Crippen LogP contribution in [0.1, 0.15) is 44.7 Å². The highest BCUT2D eigenvalue weighted by atomic mass is 14.6. The van der Waals surface area contributed by atoms with Gasteiger partial charge in [0.2, 0.25) is 0 Å². The van der Waals surface area contributed by atoms with Crippen LogP contribution in [0.2, 0.25) is 0 Å². The normalized spacial score (nSPS) is 13.1. The van der Waals surface area contributed by atoms with Gasteiger partial charge in [0.15, 0.2) is 0 Å². The summed E-state index contributed by atoms with van der Waals surface area (Å²) in [5.41, 5.74) is 8.95. The number of rotatable bonds is 6. The van der Waals surface area contributed by atoms with Gasteiger partial charge in [0.25, 0.3) is 0 Å². The molecule has 0 amide bonds. The minimum atomic E-state index is 0.329. The molecule has 1 atom stereocenters. The Hall–Kier alpha value is -0.820. The van der Waals surface area contributed by atoms with E-state index in [-0.39, 0.29) is 0 Å². The molecule has 0 aliphatic heterocycles. The first kappa shape index (κ1) is 13.2. The van der Waals surface area contributed by atoms with Gasteiger partial charge in [-0.05, 0) is 36.3 Å². The van der Waals surface area contributed by atoms with Gasteiger partial charge >= 0.3 is 0 Å². The second kappa shape index (κ2) is 6.70. The number of benzene rings is 1. The van der Waals surface area contributed by atoms with Crippen molar-refractivity contribution in [2.75, 3.05) is 0 Å². The van der Waals surface area contributed by atoms with Gasteiger partial charge in [0.05, 0.1) is 0 Å². The van der Waals surface area contributed by atoms with Crippen LogP contribution in [0.3, 0.4) is 0 Å². The Balaban J connectivity index is 2.50. The average Bonchev–Trinajstić information content (AvgIpc) is 2.26. The van der Waals surface area contributed by atoms with Crippen molar-refractivity contribution in [3.63, 3.8) is 0 Å². The van der Waals surface area contributed by atoms with E-state index in [1.807, 2.05) is 0 Å². The van der Waals surface area contributed by atoms with Crippen molar-refractivity contribution >= 4 is 0 Å². The van der Waals surface area contributed by atoms with Crippen molar-refractivity contribution in [3.05, 3.63) is 35.4 Å². The maximum atomic E-state index is 6.06. The van der Waals surface area contributed by atoms with E-state index in [0.29, 0.717) is 12.0 Å². The lowest BCUT2D eigenvalue weighted by atomic mass is 9.96. The molecular formula is C15H25N. The fourth-order valence-corrected chi connectivity index (χ4v) is 1.90. The molecule has 0 saturated heterocycles. The monoisotopic (exact) mass is 219 g/mol. The molecule has 1 unspecified atom stereocenters. The Morgan fingerprint density at radius 3 is 2.31 bits per heavy atom. The van der Waals surface area contributed by atoms with Crippen LogP contribution in [0.4, 0.5) is 0 Å². The van der Waals surface area contributed by atoms with Crippen molar-refractivity contribution < 1.29 is 0 Å². The van der Waals surface area contributed by atoms with Gasteiger partial charge in [-0.3, -0.25) is 0 Å². The maximum absolute atomic E-state index is 6.06. The third-order valence-corrected chi connectivity index (χ3v) is 3.15. The van der Waals surface area contributed by atoms with Crippen LogP contribution >= 0.6 is 0 Å². The average molecular weight is 219 g/mol. The zero-order chi connectivity index (χ0) is 12.0. The lowest BCUT2D eigenvalue weighted by molar-refractivity contribution is 0.464. The van der Waals surface area contributed by atoms with Crippen molar-refractivity contribution in [3.8, 4) is 0 Å². The molecule has 0 radical (unpaired) electrons. The van der Waals surface area contributed by atoms with E-state index in [1.165, 1.54) is 24.0 Å². The highest BCUT2D eigenvalue weighted by Gasteiger charge is 2.07. The van der Waals surface area contributed by atoms with E-state index in [2.05, 4.69) is 45.0 Å². The molecule has 1 aromatic carbocycles. The summed E-state index contributed by atoms with van der Waals surface area (Å²) in [4.78, 5) is 0. The molecular weight excluding hydrogens is 194 g/mol. The first-order valence-electron chi connectivity index (χ1n) is 6.47. The second-order valence-electron chi connectivity index (χ2n) is 5.02.